The van der Waals surface area contributed by atoms with Crippen LogP contribution in [0.25, 0.3) is 10.2 Å². The minimum Gasteiger partial charge on any atom is -0.494 e. The molecule has 2 aromatic carbocycles. The summed E-state index contributed by atoms with van der Waals surface area (Å²) in [6, 6.07) is 13.8. The average Bonchev–Trinajstić information content (AvgIpc) is 3.09. The fourth-order valence-corrected chi connectivity index (χ4v) is 4.00. The van der Waals surface area contributed by atoms with Crippen LogP contribution in [0.1, 0.15) is 11.1 Å². The Kier molecular flexibility index (Phi) is 6.08. The monoisotopic (exact) mass is 384 g/mol. The minimum atomic E-state index is 0.0677. The van der Waals surface area contributed by atoms with Gasteiger partial charge in [-0.3, -0.25) is 9.69 Å². The van der Waals surface area contributed by atoms with E-state index in [0.29, 0.717) is 13.0 Å². The summed E-state index contributed by atoms with van der Waals surface area (Å²) in [5.41, 5.74) is 2.98. The van der Waals surface area contributed by atoms with Crippen molar-refractivity contribution in [3.05, 3.63) is 53.6 Å². The number of amides is 1. The van der Waals surface area contributed by atoms with Gasteiger partial charge >= 0.3 is 0 Å². The van der Waals surface area contributed by atoms with Crippen LogP contribution in [0.2, 0.25) is 0 Å². The van der Waals surface area contributed by atoms with Crippen LogP contribution in [0.5, 0.6) is 5.75 Å². The van der Waals surface area contributed by atoms with Crippen molar-refractivity contribution in [2.24, 2.45) is 0 Å². The molecule has 0 saturated carbocycles. The second-order valence-electron chi connectivity index (χ2n) is 6.92. The normalized spacial score (nSPS) is 11.1. The molecule has 0 atom stereocenters. The predicted molar refractivity (Wildman–Crippen MR) is 111 cm³/mol. The Labute approximate surface area is 164 Å². The SMILES string of the molecule is COc1ccc(C)c2sc(N(CC[NH+](C)C)C(=O)Cc3ccccc3)nc12. The van der Waals surface area contributed by atoms with E-state index in [2.05, 4.69) is 21.0 Å². The molecule has 0 radical (unpaired) electrons. The van der Waals surface area contributed by atoms with Gasteiger partial charge in [-0.1, -0.05) is 47.7 Å². The molecule has 1 amide bonds. The molecule has 3 rings (SSSR count). The van der Waals surface area contributed by atoms with E-state index in [4.69, 9.17) is 9.72 Å². The molecule has 0 bridgehead atoms. The highest BCUT2D eigenvalue weighted by Gasteiger charge is 2.22. The number of aryl methyl sites for hydroxylation is 1. The molecule has 6 heteroatoms. The Balaban J connectivity index is 1.96. The summed E-state index contributed by atoms with van der Waals surface area (Å²) < 4.78 is 6.54. The quantitative estimate of drug-likeness (QED) is 0.680. The van der Waals surface area contributed by atoms with Crippen molar-refractivity contribution in [2.45, 2.75) is 13.3 Å². The van der Waals surface area contributed by atoms with Gasteiger partial charge in [0.05, 0.1) is 45.4 Å². The molecule has 0 fully saturated rings. The number of fused-ring (bicyclic) bond motifs is 1. The summed E-state index contributed by atoms with van der Waals surface area (Å²) in [6.45, 7) is 3.55. The molecular weight excluding hydrogens is 358 g/mol. The van der Waals surface area contributed by atoms with Gasteiger partial charge in [-0.15, -0.1) is 0 Å². The molecule has 3 aromatic rings. The van der Waals surface area contributed by atoms with Crippen LogP contribution in [0.15, 0.2) is 42.5 Å². The molecule has 27 heavy (non-hydrogen) atoms. The zero-order chi connectivity index (χ0) is 19.4. The molecule has 142 valence electrons. The number of nitrogens with zero attached hydrogens (tertiary/aromatic N) is 2. The summed E-state index contributed by atoms with van der Waals surface area (Å²) in [5.74, 6) is 0.810. The number of hydrogen-bond acceptors (Lipinski definition) is 4. The van der Waals surface area contributed by atoms with E-state index >= 15 is 0 Å². The lowest BCUT2D eigenvalue weighted by atomic mass is 10.1. The third-order valence-electron chi connectivity index (χ3n) is 4.48. The van der Waals surface area contributed by atoms with Crippen molar-refractivity contribution >= 4 is 32.6 Å². The molecule has 0 aliphatic carbocycles. The lowest BCUT2D eigenvalue weighted by Gasteiger charge is -2.20. The maximum Gasteiger partial charge on any atom is 0.233 e. The second kappa shape index (κ2) is 8.50. The third-order valence-corrected chi connectivity index (χ3v) is 5.69. The summed E-state index contributed by atoms with van der Waals surface area (Å²) in [7, 11) is 5.83. The average molecular weight is 385 g/mol. The van der Waals surface area contributed by atoms with Gasteiger partial charge in [0.15, 0.2) is 5.13 Å². The zero-order valence-corrected chi connectivity index (χ0v) is 17.1. The maximum absolute atomic E-state index is 13.1. The van der Waals surface area contributed by atoms with Crippen molar-refractivity contribution in [1.29, 1.82) is 0 Å². The number of likely N-dealkylation sites (N-methyl/N-ethyl adjacent to an activating group) is 1. The first-order valence-corrected chi connectivity index (χ1v) is 9.88. The lowest BCUT2D eigenvalue weighted by molar-refractivity contribution is -0.856. The highest BCUT2D eigenvalue weighted by molar-refractivity contribution is 7.22. The molecule has 0 aliphatic heterocycles. The van der Waals surface area contributed by atoms with Crippen LogP contribution in [0, 0.1) is 6.92 Å². The maximum atomic E-state index is 13.1. The Morgan fingerprint density at radius 3 is 2.59 bits per heavy atom. The van der Waals surface area contributed by atoms with Crippen molar-refractivity contribution in [2.75, 3.05) is 39.2 Å². The van der Waals surface area contributed by atoms with E-state index in [1.807, 2.05) is 47.4 Å². The standard InChI is InChI=1S/C21H25N3O2S/c1-15-10-11-17(26-4)19-20(15)27-21(22-19)24(13-12-23(2)3)18(25)14-16-8-6-5-7-9-16/h5-11H,12-14H2,1-4H3/p+1. The number of rotatable bonds is 7. The molecule has 1 aromatic heterocycles. The van der Waals surface area contributed by atoms with Crippen LogP contribution in [-0.2, 0) is 11.2 Å². The number of anilines is 1. The molecule has 0 aliphatic rings. The predicted octanol–water partition coefficient (Wildman–Crippen LogP) is 2.33. The van der Waals surface area contributed by atoms with Crippen molar-refractivity contribution in [1.82, 2.24) is 4.98 Å². The van der Waals surface area contributed by atoms with Gasteiger partial charge in [0, 0.05) is 0 Å². The first-order valence-electron chi connectivity index (χ1n) is 9.07. The van der Waals surface area contributed by atoms with Crippen LogP contribution in [0.4, 0.5) is 5.13 Å². The van der Waals surface area contributed by atoms with Gasteiger partial charge in [0.2, 0.25) is 5.91 Å². The summed E-state index contributed by atoms with van der Waals surface area (Å²) in [6.07, 6.45) is 0.371. The first-order chi connectivity index (χ1) is 13.0. The Bertz CT molecular complexity index is 922. The largest absolute Gasteiger partial charge is 0.494 e. The molecule has 5 nitrogen and oxygen atoms in total. The van der Waals surface area contributed by atoms with Gasteiger partial charge < -0.3 is 9.64 Å². The highest BCUT2D eigenvalue weighted by atomic mass is 32.1. The van der Waals surface area contributed by atoms with Gasteiger partial charge in [-0.05, 0) is 24.1 Å². The van der Waals surface area contributed by atoms with E-state index in [1.54, 1.807) is 18.4 Å². The third kappa shape index (κ3) is 4.46. The van der Waals surface area contributed by atoms with E-state index < -0.39 is 0 Å². The number of carbonyl (C=O) groups excluding carboxylic acids is 1. The Morgan fingerprint density at radius 2 is 1.93 bits per heavy atom. The van der Waals surface area contributed by atoms with E-state index in [0.717, 1.165) is 38.8 Å². The first kappa shape index (κ1) is 19.3. The number of hydrogen-bond donors (Lipinski definition) is 1. The number of nitrogens with one attached hydrogen (secondary N) is 1. The lowest BCUT2D eigenvalue weighted by Crippen LogP contribution is -3.06. The number of methoxy groups -OCH3 is 1. The van der Waals surface area contributed by atoms with Gasteiger partial charge in [-0.2, -0.15) is 0 Å². The molecule has 0 spiro atoms. The molecule has 1 N–H and O–H groups in total. The molecule has 0 saturated heterocycles. The highest BCUT2D eigenvalue weighted by Crippen LogP contribution is 2.36. The van der Waals surface area contributed by atoms with Crippen molar-refractivity contribution < 1.29 is 14.4 Å². The number of thiazole rings is 1. The number of carbonyl (C=O) groups is 1. The van der Waals surface area contributed by atoms with E-state index in [-0.39, 0.29) is 5.91 Å². The number of ether oxygens (including phenoxy) is 1. The van der Waals surface area contributed by atoms with Gasteiger partial charge in [0.1, 0.15) is 11.3 Å². The Hall–Kier alpha value is -2.44. The van der Waals surface area contributed by atoms with Gasteiger partial charge in [-0.25, -0.2) is 4.98 Å². The smallest absolute Gasteiger partial charge is 0.233 e. The topological polar surface area (TPSA) is 46.9 Å². The fourth-order valence-electron chi connectivity index (χ4n) is 2.91. The van der Waals surface area contributed by atoms with Gasteiger partial charge in [0.25, 0.3) is 0 Å². The number of quaternary nitrogens is 1. The van der Waals surface area contributed by atoms with Crippen molar-refractivity contribution in [3.8, 4) is 5.75 Å². The number of benzene rings is 2. The van der Waals surface area contributed by atoms with Crippen LogP contribution in [-0.4, -0.2) is 45.2 Å². The summed E-state index contributed by atoms with van der Waals surface area (Å²) in [5, 5.41) is 0.736. The van der Waals surface area contributed by atoms with Crippen molar-refractivity contribution in [3.63, 3.8) is 0 Å². The molecule has 0 unspecified atom stereocenters. The van der Waals surface area contributed by atoms with Crippen LogP contribution >= 0.6 is 11.3 Å². The fraction of sp³-hybridized carbons (Fsp3) is 0.333. The summed E-state index contributed by atoms with van der Waals surface area (Å²) >= 11 is 1.56. The van der Waals surface area contributed by atoms with Crippen LogP contribution < -0.4 is 14.5 Å². The second-order valence-corrected chi connectivity index (χ2v) is 7.90. The number of aromatic nitrogens is 1. The van der Waals surface area contributed by atoms with Crippen LogP contribution in [0.3, 0.4) is 0 Å². The van der Waals surface area contributed by atoms with E-state index in [1.165, 1.54) is 4.90 Å². The zero-order valence-electron chi connectivity index (χ0n) is 16.3. The molecule has 1 heterocycles. The minimum absolute atomic E-state index is 0.0677. The van der Waals surface area contributed by atoms with E-state index in [9.17, 15) is 4.79 Å². The Morgan fingerprint density at radius 1 is 1.19 bits per heavy atom. The molecular formula is C21H26N3O2S+. The summed E-state index contributed by atoms with van der Waals surface area (Å²) in [4.78, 5) is 21.0.